The lowest BCUT2D eigenvalue weighted by Gasteiger charge is -2.32. The lowest BCUT2D eigenvalue weighted by atomic mass is 9.98. The zero-order valence-corrected chi connectivity index (χ0v) is 16.8. The Morgan fingerprint density at radius 3 is 2.86 bits per heavy atom. The van der Waals surface area contributed by atoms with Crippen molar-refractivity contribution in [3.05, 3.63) is 47.8 Å². The number of hydrogen-bond acceptors (Lipinski definition) is 4. The summed E-state index contributed by atoms with van der Waals surface area (Å²) in [7, 11) is 0. The number of carbonyl (C=O) groups excluding carboxylic acids is 2. The molecule has 0 saturated carbocycles. The van der Waals surface area contributed by atoms with Crippen LogP contribution >= 0.6 is 11.3 Å². The molecule has 1 aliphatic rings. The number of para-hydroxylation sites is 1. The molecular formula is C22H24N2O3S. The van der Waals surface area contributed by atoms with Crippen LogP contribution in [0.4, 0.5) is 0 Å². The summed E-state index contributed by atoms with van der Waals surface area (Å²) in [4.78, 5) is 28.2. The second-order valence-corrected chi connectivity index (χ2v) is 8.03. The van der Waals surface area contributed by atoms with Crippen molar-refractivity contribution < 1.29 is 14.3 Å². The Hall–Kier alpha value is -2.60. The second-order valence-electron chi connectivity index (χ2n) is 7.08. The Balaban J connectivity index is 1.58. The second kappa shape index (κ2) is 8.19. The maximum Gasteiger partial charge on any atom is 0.310 e. The molecule has 1 aromatic carbocycles. The predicted molar refractivity (Wildman–Crippen MR) is 111 cm³/mol. The number of rotatable bonds is 5. The van der Waals surface area contributed by atoms with E-state index in [0.29, 0.717) is 19.7 Å². The smallest absolute Gasteiger partial charge is 0.310 e. The maximum absolute atomic E-state index is 13.1. The van der Waals surface area contributed by atoms with Crippen LogP contribution in [0, 0.1) is 5.92 Å². The van der Waals surface area contributed by atoms with E-state index in [9.17, 15) is 9.59 Å². The Morgan fingerprint density at radius 2 is 2.07 bits per heavy atom. The monoisotopic (exact) mass is 396 g/mol. The van der Waals surface area contributed by atoms with Crippen LogP contribution in [-0.2, 0) is 20.9 Å². The Bertz CT molecular complexity index is 977. The number of aromatic nitrogens is 1. The molecule has 0 bridgehead atoms. The third-order valence-electron chi connectivity index (χ3n) is 5.27. The van der Waals surface area contributed by atoms with E-state index < -0.39 is 0 Å². The molecule has 3 heterocycles. The molecule has 28 heavy (non-hydrogen) atoms. The number of thiophene rings is 1. The topological polar surface area (TPSA) is 51.5 Å². The molecule has 0 radical (unpaired) electrons. The first-order valence-electron chi connectivity index (χ1n) is 9.74. The van der Waals surface area contributed by atoms with Gasteiger partial charge in [-0.25, -0.2) is 0 Å². The Kier molecular flexibility index (Phi) is 5.48. The number of benzene rings is 1. The zero-order chi connectivity index (χ0) is 19.5. The van der Waals surface area contributed by atoms with Gasteiger partial charge in [-0.3, -0.25) is 9.59 Å². The van der Waals surface area contributed by atoms with E-state index in [-0.39, 0.29) is 24.3 Å². The van der Waals surface area contributed by atoms with Crippen LogP contribution in [0.5, 0.6) is 0 Å². The van der Waals surface area contributed by atoms with Crippen molar-refractivity contribution in [3.8, 4) is 10.6 Å². The van der Waals surface area contributed by atoms with Crippen molar-refractivity contribution in [1.29, 1.82) is 0 Å². The molecule has 1 aliphatic heterocycles. The third kappa shape index (κ3) is 3.69. The molecule has 2 aromatic heterocycles. The first kappa shape index (κ1) is 18.7. The van der Waals surface area contributed by atoms with Gasteiger partial charge in [-0.1, -0.05) is 24.3 Å². The first-order valence-corrected chi connectivity index (χ1v) is 10.6. The van der Waals surface area contributed by atoms with Gasteiger partial charge in [-0.05, 0) is 43.3 Å². The summed E-state index contributed by atoms with van der Waals surface area (Å²) in [6, 6.07) is 14.4. The van der Waals surface area contributed by atoms with Crippen molar-refractivity contribution >= 4 is 34.1 Å². The van der Waals surface area contributed by atoms with Gasteiger partial charge in [-0.15, -0.1) is 11.3 Å². The van der Waals surface area contributed by atoms with Gasteiger partial charge in [-0.2, -0.15) is 0 Å². The van der Waals surface area contributed by atoms with Gasteiger partial charge < -0.3 is 14.2 Å². The van der Waals surface area contributed by atoms with Crippen molar-refractivity contribution in [3.63, 3.8) is 0 Å². The minimum Gasteiger partial charge on any atom is -0.466 e. The van der Waals surface area contributed by atoms with Gasteiger partial charge in [0, 0.05) is 24.0 Å². The lowest BCUT2D eigenvalue weighted by Crippen LogP contribution is -2.44. The molecule has 1 saturated heterocycles. The summed E-state index contributed by atoms with van der Waals surface area (Å²) in [5.74, 6) is -0.352. The SMILES string of the molecule is CCOC(=O)C1CCCN(C(=O)Cn2c(-c3cccs3)cc3ccccc32)C1. The minimum absolute atomic E-state index is 0.0492. The molecule has 0 spiro atoms. The zero-order valence-electron chi connectivity index (χ0n) is 16.0. The first-order chi connectivity index (χ1) is 13.7. The number of likely N-dealkylation sites (tertiary alicyclic amines) is 1. The Morgan fingerprint density at radius 1 is 1.21 bits per heavy atom. The third-order valence-corrected chi connectivity index (χ3v) is 6.16. The molecule has 1 unspecified atom stereocenters. The largest absolute Gasteiger partial charge is 0.466 e. The van der Waals surface area contributed by atoms with Crippen LogP contribution in [0.2, 0.25) is 0 Å². The Labute approximate surface area is 168 Å². The molecule has 1 fully saturated rings. The number of amides is 1. The van der Waals surface area contributed by atoms with Crippen LogP contribution in [0.25, 0.3) is 21.5 Å². The molecule has 1 amide bonds. The van der Waals surface area contributed by atoms with Crippen molar-refractivity contribution in [2.24, 2.45) is 5.92 Å². The molecule has 3 aromatic rings. The average molecular weight is 397 g/mol. The van der Waals surface area contributed by atoms with E-state index in [0.717, 1.165) is 34.3 Å². The number of esters is 1. The highest BCUT2D eigenvalue weighted by molar-refractivity contribution is 7.13. The molecule has 4 rings (SSSR count). The number of hydrogen-bond donors (Lipinski definition) is 0. The van der Waals surface area contributed by atoms with Gasteiger partial charge in [0.15, 0.2) is 0 Å². The van der Waals surface area contributed by atoms with Gasteiger partial charge in [0.2, 0.25) is 5.91 Å². The standard InChI is InChI=1S/C22H24N2O3S/c1-2-27-22(26)17-8-5-11-23(14-17)21(25)15-24-18-9-4-3-7-16(18)13-19(24)20-10-6-12-28-20/h3-4,6-7,9-10,12-13,17H,2,5,8,11,14-15H2,1H3. The van der Waals surface area contributed by atoms with E-state index in [1.54, 1.807) is 11.3 Å². The van der Waals surface area contributed by atoms with Crippen LogP contribution < -0.4 is 0 Å². The molecular weight excluding hydrogens is 372 g/mol. The fraction of sp³-hybridized carbons (Fsp3) is 0.364. The van der Waals surface area contributed by atoms with Gasteiger partial charge in [0.25, 0.3) is 0 Å². The highest BCUT2D eigenvalue weighted by Crippen LogP contribution is 2.31. The van der Waals surface area contributed by atoms with Crippen LogP contribution in [0.1, 0.15) is 19.8 Å². The van der Waals surface area contributed by atoms with Crippen LogP contribution in [0.15, 0.2) is 47.8 Å². The number of fused-ring (bicyclic) bond motifs is 1. The van der Waals surface area contributed by atoms with Crippen molar-refractivity contribution in [1.82, 2.24) is 9.47 Å². The summed E-state index contributed by atoms with van der Waals surface area (Å²) in [6.45, 7) is 3.61. The highest BCUT2D eigenvalue weighted by Gasteiger charge is 2.29. The molecule has 146 valence electrons. The number of ether oxygens (including phenoxy) is 1. The van der Waals surface area contributed by atoms with E-state index in [1.807, 2.05) is 35.4 Å². The summed E-state index contributed by atoms with van der Waals surface area (Å²) in [6.07, 6.45) is 1.62. The summed E-state index contributed by atoms with van der Waals surface area (Å²) < 4.78 is 7.26. The summed E-state index contributed by atoms with van der Waals surface area (Å²) in [5.41, 5.74) is 2.11. The quantitative estimate of drug-likeness (QED) is 0.608. The number of piperidine rings is 1. The van der Waals surface area contributed by atoms with Gasteiger partial charge in [0.1, 0.15) is 6.54 Å². The molecule has 0 N–H and O–H groups in total. The molecule has 0 aliphatic carbocycles. The normalized spacial score (nSPS) is 17.0. The van der Waals surface area contributed by atoms with Crippen molar-refractivity contribution in [2.45, 2.75) is 26.3 Å². The average Bonchev–Trinajstić information content (AvgIpc) is 3.36. The van der Waals surface area contributed by atoms with E-state index in [4.69, 9.17) is 4.74 Å². The fourth-order valence-electron chi connectivity index (χ4n) is 3.90. The highest BCUT2D eigenvalue weighted by atomic mass is 32.1. The maximum atomic E-state index is 13.1. The molecule has 6 heteroatoms. The van der Waals surface area contributed by atoms with Gasteiger partial charge >= 0.3 is 5.97 Å². The summed E-state index contributed by atoms with van der Waals surface area (Å²) >= 11 is 1.67. The lowest BCUT2D eigenvalue weighted by molar-refractivity contribution is -0.151. The van der Waals surface area contributed by atoms with Crippen LogP contribution in [0.3, 0.4) is 0 Å². The van der Waals surface area contributed by atoms with Gasteiger partial charge in [0.05, 0.1) is 23.1 Å². The molecule has 1 atom stereocenters. The predicted octanol–water partition coefficient (Wildman–Crippen LogP) is 4.17. The summed E-state index contributed by atoms with van der Waals surface area (Å²) in [5, 5.41) is 3.18. The van der Waals surface area contributed by atoms with E-state index >= 15 is 0 Å². The fourth-order valence-corrected chi connectivity index (χ4v) is 4.65. The molecule has 5 nitrogen and oxygen atoms in total. The van der Waals surface area contributed by atoms with E-state index in [2.05, 4.69) is 28.8 Å². The number of nitrogens with zero attached hydrogens (tertiary/aromatic N) is 2. The number of carbonyl (C=O) groups is 2. The van der Waals surface area contributed by atoms with Crippen molar-refractivity contribution in [2.75, 3.05) is 19.7 Å². The van der Waals surface area contributed by atoms with Crippen LogP contribution in [-0.4, -0.2) is 41.0 Å². The van der Waals surface area contributed by atoms with E-state index in [1.165, 1.54) is 0 Å². The minimum atomic E-state index is -0.212.